The lowest BCUT2D eigenvalue weighted by atomic mass is 10.0. The summed E-state index contributed by atoms with van der Waals surface area (Å²) in [5, 5.41) is 0. The van der Waals surface area contributed by atoms with Gasteiger partial charge in [-0.3, -0.25) is 4.79 Å². The van der Waals surface area contributed by atoms with Crippen molar-refractivity contribution in [1.82, 2.24) is 4.98 Å². The normalized spacial score (nSPS) is 10.3. The van der Waals surface area contributed by atoms with Gasteiger partial charge in [-0.05, 0) is 12.1 Å². The number of carbonyl (C=O) groups is 1. The summed E-state index contributed by atoms with van der Waals surface area (Å²) in [6.45, 7) is 0. The van der Waals surface area contributed by atoms with Crippen molar-refractivity contribution in [1.29, 1.82) is 0 Å². The van der Waals surface area contributed by atoms with Crippen LogP contribution in [0.3, 0.4) is 0 Å². The van der Waals surface area contributed by atoms with Gasteiger partial charge in [0.2, 0.25) is 0 Å². The Morgan fingerprint density at radius 1 is 0.810 bits per heavy atom. The molecular formula is C18H14N2O. The minimum Gasteiger partial charge on any atom is -0.383 e. The summed E-state index contributed by atoms with van der Waals surface area (Å²) >= 11 is 0. The molecule has 1 aromatic heterocycles. The second-order valence-electron chi connectivity index (χ2n) is 4.69. The van der Waals surface area contributed by atoms with Gasteiger partial charge in [0.25, 0.3) is 0 Å². The number of hydrogen-bond donors (Lipinski definition) is 1. The van der Waals surface area contributed by atoms with Crippen LogP contribution >= 0.6 is 0 Å². The molecule has 0 saturated heterocycles. The van der Waals surface area contributed by atoms with Crippen molar-refractivity contribution in [2.45, 2.75) is 0 Å². The third-order valence-electron chi connectivity index (χ3n) is 3.27. The quantitative estimate of drug-likeness (QED) is 0.743. The van der Waals surface area contributed by atoms with Crippen LogP contribution in [0.25, 0.3) is 11.3 Å². The minimum absolute atomic E-state index is 0.111. The highest BCUT2D eigenvalue weighted by Crippen LogP contribution is 2.21. The number of hydrogen-bond acceptors (Lipinski definition) is 3. The maximum atomic E-state index is 12.4. The van der Waals surface area contributed by atoms with E-state index in [1.165, 1.54) is 0 Å². The van der Waals surface area contributed by atoms with E-state index in [2.05, 4.69) is 4.98 Å². The molecule has 1 heterocycles. The van der Waals surface area contributed by atoms with Crippen molar-refractivity contribution in [3.63, 3.8) is 0 Å². The summed E-state index contributed by atoms with van der Waals surface area (Å²) in [4.78, 5) is 16.7. The summed E-state index contributed by atoms with van der Waals surface area (Å²) in [6.07, 6.45) is 0. The number of aromatic nitrogens is 1. The zero-order valence-electron chi connectivity index (χ0n) is 11.4. The van der Waals surface area contributed by atoms with Crippen LogP contribution in [0, 0.1) is 0 Å². The SMILES string of the molecule is Nc1nc(-c2ccccc2)ccc1C(=O)c1ccccc1. The van der Waals surface area contributed by atoms with Crippen LogP contribution in [-0.2, 0) is 0 Å². The number of pyridine rings is 1. The second-order valence-corrected chi connectivity index (χ2v) is 4.69. The van der Waals surface area contributed by atoms with Crippen molar-refractivity contribution in [3.8, 4) is 11.3 Å². The maximum absolute atomic E-state index is 12.4. The van der Waals surface area contributed by atoms with E-state index in [1.807, 2.05) is 54.6 Å². The van der Waals surface area contributed by atoms with Gasteiger partial charge in [-0.25, -0.2) is 4.98 Å². The first kappa shape index (κ1) is 13.1. The molecule has 0 aliphatic rings. The van der Waals surface area contributed by atoms with Crippen LogP contribution in [0.4, 0.5) is 5.82 Å². The zero-order chi connectivity index (χ0) is 14.7. The van der Waals surface area contributed by atoms with Gasteiger partial charge in [-0.1, -0.05) is 60.7 Å². The molecule has 0 aliphatic heterocycles. The maximum Gasteiger partial charge on any atom is 0.196 e. The molecule has 0 fully saturated rings. The average molecular weight is 274 g/mol. The average Bonchev–Trinajstić information content (AvgIpc) is 2.56. The fourth-order valence-electron chi connectivity index (χ4n) is 2.18. The molecular weight excluding hydrogens is 260 g/mol. The van der Waals surface area contributed by atoms with E-state index in [1.54, 1.807) is 18.2 Å². The highest BCUT2D eigenvalue weighted by atomic mass is 16.1. The van der Waals surface area contributed by atoms with Crippen LogP contribution in [0.15, 0.2) is 72.8 Å². The van der Waals surface area contributed by atoms with E-state index in [9.17, 15) is 4.79 Å². The lowest BCUT2D eigenvalue weighted by Gasteiger charge is -2.07. The van der Waals surface area contributed by atoms with Crippen molar-refractivity contribution in [2.24, 2.45) is 0 Å². The molecule has 3 rings (SSSR count). The van der Waals surface area contributed by atoms with Gasteiger partial charge in [0, 0.05) is 11.1 Å². The number of rotatable bonds is 3. The first-order valence-electron chi connectivity index (χ1n) is 6.67. The molecule has 2 N–H and O–H groups in total. The van der Waals surface area contributed by atoms with Gasteiger partial charge in [-0.15, -0.1) is 0 Å². The lowest BCUT2D eigenvalue weighted by molar-refractivity contribution is 0.103. The molecule has 2 aromatic carbocycles. The number of anilines is 1. The molecule has 21 heavy (non-hydrogen) atoms. The summed E-state index contributed by atoms with van der Waals surface area (Å²) < 4.78 is 0. The molecule has 0 aliphatic carbocycles. The monoisotopic (exact) mass is 274 g/mol. The van der Waals surface area contributed by atoms with Crippen LogP contribution in [0.1, 0.15) is 15.9 Å². The van der Waals surface area contributed by atoms with E-state index in [0.717, 1.165) is 11.3 Å². The summed E-state index contributed by atoms with van der Waals surface area (Å²) in [5.74, 6) is 0.144. The molecule has 3 nitrogen and oxygen atoms in total. The molecule has 0 unspecified atom stereocenters. The van der Waals surface area contributed by atoms with E-state index < -0.39 is 0 Å². The van der Waals surface area contributed by atoms with E-state index >= 15 is 0 Å². The Hall–Kier alpha value is -2.94. The van der Waals surface area contributed by atoms with Crippen molar-refractivity contribution < 1.29 is 4.79 Å². The predicted octanol–water partition coefficient (Wildman–Crippen LogP) is 3.56. The topological polar surface area (TPSA) is 56.0 Å². The summed E-state index contributed by atoms with van der Waals surface area (Å²) in [7, 11) is 0. The highest BCUT2D eigenvalue weighted by molar-refractivity contribution is 6.11. The molecule has 0 amide bonds. The second kappa shape index (κ2) is 5.59. The number of nitrogens with zero attached hydrogens (tertiary/aromatic N) is 1. The zero-order valence-corrected chi connectivity index (χ0v) is 11.4. The molecule has 0 spiro atoms. The summed E-state index contributed by atoms with van der Waals surface area (Å²) in [6, 6.07) is 22.4. The molecule has 0 radical (unpaired) electrons. The Morgan fingerprint density at radius 3 is 2.05 bits per heavy atom. The van der Waals surface area contributed by atoms with Crippen LogP contribution in [0.2, 0.25) is 0 Å². The first-order valence-corrected chi connectivity index (χ1v) is 6.67. The molecule has 0 bridgehead atoms. The molecule has 0 atom stereocenters. The standard InChI is InChI=1S/C18H14N2O/c19-18-15(17(21)14-9-5-2-6-10-14)11-12-16(20-18)13-7-3-1-4-8-13/h1-12H,(H2,19,20). The van der Waals surface area contributed by atoms with Crippen LogP contribution < -0.4 is 5.73 Å². The Morgan fingerprint density at radius 2 is 1.43 bits per heavy atom. The van der Waals surface area contributed by atoms with Crippen LogP contribution in [-0.4, -0.2) is 10.8 Å². The molecule has 3 aromatic rings. The van der Waals surface area contributed by atoms with Gasteiger partial charge in [0.1, 0.15) is 5.82 Å². The number of nitrogen functional groups attached to an aromatic ring is 1. The molecule has 0 saturated carbocycles. The Bertz CT molecular complexity index is 768. The Kier molecular flexibility index (Phi) is 3.48. The van der Waals surface area contributed by atoms with Crippen molar-refractivity contribution in [3.05, 3.63) is 83.9 Å². The fourth-order valence-corrected chi connectivity index (χ4v) is 2.18. The van der Waals surface area contributed by atoms with Gasteiger partial charge in [0.05, 0.1) is 11.3 Å². The van der Waals surface area contributed by atoms with Gasteiger partial charge in [0.15, 0.2) is 5.78 Å². The van der Waals surface area contributed by atoms with Gasteiger partial charge in [-0.2, -0.15) is 0 Å². The number of carbonyl (C=O) groups excluding carboxylic acids is 1. The highest BCUT2D eigenvalue weighted by Gasteiger charge is 2.13. The van der Waals surface area contributed by atoms with Gasteiger partial charge >= 0.3 is 0 Å². The minimum atomic E-state index is -0.111. The lowest BCUT2D eigenvalue weighted by Crippen LogP contribution is -2.07. The third kappa shape index (κ3) is 2.67. The summed E-state index contributed by atoms with van der Waals surface area (Å²) in [5.41, 5.74) is 8.74. The van der Waals surface area contributed by atoms with E-state index in [-0.39, 0.29) is 11.6 Å². The third-order valence-corrected chi connectivity index (χ3v) is 3.27. The smallest absolute Gasteiger partial charge is 0.196 e. The number of benzene rings is 2. The predicted molar refractivity (Wildman–Crippen MR) is 84.0 cm³/mol. The molecule has 3 heteroatoms. The Labute approximate surface area is 123 Å². The van der Waals surface area contributed by atoms with Crippen LogP contribution in [0.5, 0.6) is 0 Å². The largest absolute Gasteiger partial charge is 0.383 e. The molecule has 102 valence electrons. The number of nitrogens with two attached hydrogens (primary N) is 1. The van der Waals surface area contributed by atoms with E-state index in [0.29, 0.717) is 11.1 Å². The van der Waals surface area contributed by atoms with Crippen molar-refractivity contribution >= 4 is 11.6 Å². The first-order chi connectivity index (χ1) is 10.3. The fraction of sp³-hybridized carbons (Fsp3) is 0. The van der Waals surface area contributed by atoms with Crippen molar-refractivity contribution in [2.75, 3.05) is 5.73 Å². The number of ketones is 1. The van der Waals surface area contributed by atoms with Gasteiger partial charge < -0.3 is 5.73 Å². The van der Waals surface area contributed by atoms with E-state index in [4.69, 9.17) is 5.73 Å². The Balaban J connectivity index is 1.98.